The summed E-state index contributed by atoms with van der Waals surface area (Å²) in [6.45, 7) is 2.68. The van der Waals surface area contributed by atoms with Crippen molar-refractivity contribution in [2.24, 2.45) is 11.7 Å². The van der Waals surface area contributed by atoms with E-state index < -0.39 is 11.6 Å². The molecule has 1 unspecified atom stereocenters. The number of ketones is 1. The van der Waals surface area contributed by atoms with E-state index in [2.05, 4.69) is 6.92 Å². The van der Waals surface area contributed by atoms with Crippen molar-refractivity contribution in [3.63, 3.8) is 0 Å². The lowest BCUT2D eigenvalue weighted by Gasteiger charge is -2.12. The Hall–Kier alpha value is -1.29. The molecule has 0 aliphatic carbocycles. The van der Waals surface area contributed by atoms with E-state index in [0.29, 0.717) is 18.9 Å². The van der Waals surface area contributed by atoms with Gasteiger partial charge in [-0.15, -0.1) is 0 Å². The van der Waals surface area contributed by atoms with Crippen LogP contribution >= 0.6 is 0 Å². The van der Waals surface area contributed by atoms with E-state index in [9.17, 15) is 13.6 Å². The van der Waals surface area contributed by atoms with Crippen molar-refractivity contribution in [3.05, 3.63) is 35.4 Å². The molecule has 4 heteroatoms. The molecule has 0 aliphatic rings. The van der Waals surface area contributed by atoms with Crippen LogP contribution in [0.2, 0.25) is 0 Å². The first-order valence-corrected chi connectivity index (χ1v) is 6.73. The lowest BCUT2D eigenvalue weighted by atomic mass is 9.94. The highest BCUT2D eigenvalue weighted by Crippen LogP contribution is 2.17. The molecule has 0 fully saturated rings. The molecule has 106 valence electrons. The first kappa shape index (κ1) is 15.8. The molecule has 1 aromatic carbocycles. The summed E-state index contributed by atoms with van der Waals surface area (Å²) in [6, 6.07) is 3.93. The second kappa shape index (κ2) is 8.00. The van der Waals surface area contributed by atoms with Gasteiger partial charge in [-0.3, -0.25) is 4.79 Å². The van der Waals surface area contributed by atoms with Crippen LogP contribution in [-0.2, 0) is 11.2 Å². The van der Waals surface area contributed by atoms with Crippen LogP contribution in [-0.4, -0.2) is 12.3 Å². The zero-order valence-electron chi connectivity index (χ0n) is 11.3. The van der Waals surface area contributed by atoms with Crippen LogP contribution in [0.15, 0.2) is 18.2 Å². The van der Waals surface area contributed by atoms with E-state index in [0.717, 1.165) is 25.3 Å². The standard InChI is InChI=1S/C15H21F2NO/c1-2-11(8-9-18)6-7-13(19)10-12-4-3-5-14(16)15(12)17/h3-5,11H,2,6-10,18H2,1H3. The van der Waals surface area contributed by atoms with Crippen molar-refractivity contribution in [2.45, 2.75) is 39.0 Å². The fourth-order valence-electron chi connectivity index (χ4n) is 2.14. The summed E-state index contributed by atoms with van der Waals surface area (Å²) in [5.74, 6) is -1.43. The summed E-state index contributed by atoms with van der Waals surface area (Å²) in [7, 11) is 0. The molecule has 0 aromatic heterocycles. The molecule has 0 bridgehead atoms. The topological polar surface area (TPSA) is 43.1 Å². The van der Waals surface area contributed by atoms with Gasteiger partial charge in [-0.1, -0.05) is 25.5 Å². The number of Topliss-reactive ketones (excluding diaryl/α,β-unsaturated/α-hetero) is 1. The maximum atomic E-state index is 13.4. The molecule has 0 heterocycles. The van der Waals surface area contributed by atoms with Crippen molar-refractivity contribution < 1.29 is 13.6 Å². The molecular formula is C15H21F2NO. The van der Waals surface area contributed by atoms with E-state index >= 15 is 0 Å². The summed E-state index contributed by atoms with van der Waals surface area (Å²) >= 11 is 0. The SMILES string of the molecule is CCC(CCN)CCC(=O)Cc1cccc(F)c1F. The third-order valence-corrected chi connectivity index (χ3v) is 3.40. The average Bonchev–Trinajstić information content (AvgIpc) is 2.40. The van der Waals surface area contributed by atoms with Crippen LogP contribution in [0.1, 0.15) is 38.2 Å². The second-order valence-electron chi connectivity index (χ2n) is 4.82. The highest BCUT2D eigenvalue weighted by atomic mass is 19.2. The first-order chi connectivity index (χ1) is 9.08. The Morgan fingerprint density at radius 2 is 2.05 bits per heavy atom. The van der Waals surface area contributed by atoms with E-state index in [1.807, 2.05) is 0 Å². The van der Waals surface area contributed by atoms with Gasteiger partial charge in [-0.2, -0.15) is 0 Å². The van der Waals surface area contributed by atoms with Gasteiger partial charge in [0.1, 0.15) is 5.78 Å². The van der Waals surface area contributed by atoms with E-state index in [1.54, 1.807) is 0 Å². The Labute approximate surface area is 113 Å². The van der Waals surface area contributed by atoms with Gasteiger partial charge in [0.15, 0.2) is 11.6 Å². The van der Waals surface area contributed by atoms with Gasteiger partial charge in [0.25, 0.3) is 0 Å². The molecular weight excluding hydrogens is 248 g/mol. The number of carbonyl (C=O) groups excluding carboxylic acids is 1. The van der Waals surface area contributed by atoms with Crippen LogP contribution in [0.3, 0.4) is 0 Å². The minimum Gasteiger partial charge on any atom is -0.330 e. The molecule has 2 N–H and O–H groups in total. The molecule has 0 saturated carbocycles. The van der Waals surface area contributed by atoms with Crippen molar-refractivity contribution in [2.75, 3.05) is 6.54 Å². The van der Waals surface area contributed by atoms with Gasteiger partial charge in [0.05, 0.1) is 0 Å². The zero-order chi connectivity index (χ0) is 14.3. The lowest BCUT2D eigenvalue weighted by molar-refractivity contribution is -0.118. The van der Waals surface area contributed by atoms with Crippen LogP contribution < -0.4 is 5.73 Å². The van der Waals surface area contributed by atoms with Gasteiger partial charge < -0.3 is 5.73 Å². The summed E-state index contributed by atoms with van der Waals surface area (Å²) in [4.78, 5) is 11.8. The van der Waals surface area contributed by atoms with Gasteiger partial charge >= 0.3 is 0 Å². The predicted octanol–water partition coefficient (Wildman–Crippen LogP) is 3.23. The van der Waals surface area contributed by atoms with E-state index in [1.165, 1.54) is 12.1 Å². The van der Waals surface area contributed by atoms with Gasteiger partial charge in [0, 0.05) is 12.8 Å². The Morgan fingerprint density at radius 1 is 1.32 bits per heavy atom. The number of rotatable bonds is 8. The minimum absolute atomic E-state index is 0.0390. The second-order valence-corrected chi connectivity index (χ2v) is 4.82. The molecule has 19 heavy (non-hydrogen) atoms. The zero-order valence-corrected chi connectivity index (χ0v) is 11.3. The molecule has 0 aliphatic heterocycles. The monoisotopic (exact) mass is 269 g/mol. The van der Waals surface area contributed by atoms with E-state index in [-0.39, 0.29) is 17.8 Å². The summed E-state index contributed by atoms with van der Waals surface area (Å²) in [5.41, 5.74) is 5.63. The van der Waals surface area contributed by atoms with Gasteiger partial charge in [0.2, 0.25) is 0 Å². The minimum atomic E-state index is -0.912. The summed E-state index contributed by atoms with van der Waals surface area (Å²) < 4.78 is 26.4. The van der Waals surface area contributed by atoms with Gasteiger partial charge in [-0.25, -0.2) is 8.78 Å². The Balaban J connectivity index is 2.49. The number of benzene rings is 1. The van der Waals surface area contributed by atoms with Crippen LogP contribution in [0.25, 0.3) is 0 Å². The highest BCUT2D eigenvalue weighted by Gasteiger charge is 2.13. The lowest BCUT2D eigenvalue weighted by Crippen LogP contribution is -2.11. The van der Waals surface area contributed by atoms with Crippen molar-refractivity contribution in [1.82, 2.24) is 0 Å². The molecule has 1 atom stereocenters. The third-order valence-electron chi connectivity index (χ3n) is 3.40. The number of hydrogen-bond acceptors (Lipinski definition) is 2. The molecule has 1 aromatic rings. The first-order valence-electron chi connectivity index (χ1n) is 6.73. The van der Waals surface area contributed by atoms with Crippen LogP contribution in [0.5, 0.6) is 0 Å². The van der Waals surface area contributed by atoms with Gasteiger partial charge in [-0.05, 0) is 36.9 Å². The molecule has 1 rings (SSSR count). The normalized spacial score (nSPS) is 12.4. The van der Waals surface area contributed by atoms with Crippen LogP contribution in [0, 0.1) is 17.6 Å². The van der Waals surface area contributed by atoms with Crippen molar-refractivity contribution in [3.8, 4) is 0 Å². The predicted molar refractivity (Wildman–Crippen MR) is 71.8 cm³/mol. The molecule has 0 radical (unpaired) electrons. The summed E-state index contributed by atoms with van der Waals surface area (Å²) in [6.07, 6.45) is 3.01. The number of hydrogen-bond donors (Lipinski definition) is 1. The number of carbonyl (C=O) groups is 1. The van der Waals surface area contributed by atoms with E-state index in [4.69, 9.17) is 5.73 Å². The van der Waals surface area contributed by atoms with Crippen molar-refractivity contribution >= 4 is 5.78 Å². The molecule has 0 saturated heterocycles. The number of nitrogens with two attached hydrogens (primary N) is 1. The van der Waals surface area contributed by atoms with Crippen LogP contribution in [0.4, 0.5) is 8.78 Å². The Kier molecular flexibility index (Phi) is 6.64. The molecule has 0 spiro atoms. The maximum absolute atomic E-state index is 13.4. The fourth-order valence-corrected chi connectivity index (χ4v) is 2.14. The smallest absolute Gasteiger partial charge is 0.162 e. The largest absolute Gasteiger partial charge is 0.330 e. The molecule has 0 amide bonds. The highest BCUT2D eigenvalue weighted by molar-refractivity contribution is 5.80. The third kappa shape index (κ3) is 5.07. The number of halogens is 2. The summed E-state index contributed by atoms with van der Waals surface area (Å²) in [5, 5.41) is 0. The Bertz CT molecular complexity index is 421. The molecule has 2 nitrogen and oxygen atoms in total. The average molecular weight is 269 g/mol. The Morgan fingerprint density at radius 3 is 2.68 bits per heavy atom. The quantitative estimate of drug-likeness (QED) is 0.787. The fraction of sp³-hybridized carbons (Fsp3) is 0.533. The van der Waals surface area contributed by atoms with Crippen molar-refractivity contribution in [1.29, 1.82) is 0 Å². The maximum Gasteiger partial charge on any atom is 0.162 e.